The Balaban J connectivity index is 1.58. The summed E-state index contributed by atoms with van der Waals surface area (Å²) in [4.78, 5) is 24.5. The van der Waals surface area contributed by atoms with Crippen molar-refractivity contribution in [1.29, 1.82) is 0 Å². The summed E-state index contributed by atoms with van der Waals surface area (Å²) in [6.45, 7) is 6.29. The van der Waals surface area contributed by atoms with Crippen LogP contribution in [0.3, 0.4) is 0 Å². The van der Waals surface area contributed by atoms with E-state index in [-0.39, 0.29) is 12.2 Å². The first-order valence-corrected chi connectivity index (χ1v) is 13.4. The van der Waals surface area contributed by atoms with Crippen LogP contribution in [0.5, 0.6) is 11.5 Å². The molecule has 0 radical (unpaired) electrons. The van der Waals surface area contributed by atoms with Crippen LogP contribution in [0.15, 0.2) is 115 Å². The van der Waals surface area contributed by atoms with Gasteiger partial charge < -0.3 is 19.7 Å². The Morgan fingerprint density at radius 3 is 2.10 bits per heavy atom. The van der Waals surface area contributed by atoms with E-state index >= 15 is 0 Å². The first-order valence-electron chi connectivity index (χ1n) is 13.4. The second-order valence-electron chi connectivity index (χ2n) is 9.37. The first kappa shape index (κ1) is 29.8. The summed E-state index contributed by atoms with van der Waals surface area (Å²) < 4.78 is 12.0. The molecule has 0 aliphatic rings. The van der Waals surface area contributed by atoms with E-state index in [9.17, 15) is 14.7 Å². The van der Waals surface area contributed by atoms with Gasteiger partial charge in [-0.25, -0.2) is 10.2 Å². The minimum Gasteiger partial charge on any atom is -0.490 e. The molecule has 0 aromatic heterocycles. The third-order valence-electron chi connectivity index (χ3n) is 6.49. The summed E-state index contributed by atoms with van der Waals surface area (Å²) in [5, 5.41) is 24.9. The van der Waals surface area contributed by atoms with Crippen molar-refractivity contribution < 1.29 is 29.3 Å². The van der Waals surface area contributed by atoms with Crippen molar-refractivity contribution in [3.63, 3.8) is 0 Å². The van der Waals surface area contributed by atoms with E-state index < -0.39 is 17.5 Å². The number of aliphatic hydroxyl groups is 1. The topological polar surface area (TPSA) is 117 Å². The van der Waals surface area contributed by atoms with Crippen LogP contribution in [0.2, 0.25) is 0 Å². The molecule has 8 nitrogen and oxygen atoms in total. The van der Waals surface area contributed by atoms with Gasteiger partial charge >= 0.3 is 5.97 Å². The Labute approximate surface area is 244 Å². The number of benzene rings is 4. The van der Waals surface area contributed by atoms with Gasteiger partial charge in [0, 0.05) is 5.56 Å². The van der Waals surface area contributed by atoms with Gasteiger partial charge in [-0.05, 0) is 59.9 Å². The number of amides is 1. The average molecular weight is 565 g/mol. The van der Waals surface area contributed by atoms with Gasteiger partial charge in [0.25, 0.3) is 5.91 Å². The molecule has 0 unspecified atom stereocenters. The largest absolute Gasteiger partial charge is 0.490 e. The van der Waals surface area contributed by atoms with Crippen molar-refractivity contribution in [2.45, 2.75) is 25.6 Å². The second kappa shape index (κ2) is 13.9. The van der Waals surface area contributed by atoms with Crippen molar-refractivity contribution in [3.8, 4) is 11.5 Å². The highest BCUT2D eigenvalue weighted by Gasteiger charge is 2.39. The number of aromatic carboxylic acids is 1. The molecule has 0 atom stereocenters. The fraction of sp³-hybridized carbons (Fsp3) is 0.147. The number of carbonyl (C=O) groups excluding carboxylic acids is 1. The van der Waals surface area contributed by atoms with Crippen molar-refractivity contribution in [2.24, 2.45) is 5.10 Å². The molecule has 214 valence electrons. The molecule has 0 fully saturated rings. The Kier molecular flexibility index (Phi) is 9.86. The highest BCUT2D eigenvalue weighted by Crippen LogP contribution is 2.34. The quantitative estimate of drug-likeness (QED) is 0.113. The van der Waals surface area contributed by atoms with E-state index in [0.717, 1.165) is 11.1 Å². The van der Waals surface area contributed by atoms with Gasteiger partial charge in [-0.1, -0.05) is 78.9 Å². The fourth-order valence-corrected chi connectivity index (χ4v) is 4.42. The number of nitrogens with one attached hydrogen (secondary N) is 1. The van der Waals surface area contributed by atoms with Crippen LogP contribution in [0, 0.1) is 0 Å². The minimum absolute atomic E-state index is 0.197. The van der Waals surface area contributed by atoms with Crippen LogP contribution in [-0.4, -0.2) is 34.9 Å². The monoisotopic (exact) mass is 564 g/mol. The Hall–Kier alpha value is -5.21. The molecule has 4 rings (SSSR count). The van der Waals surface area contributed by atoms with E-state index in [2.05, 4.69) is 17.1 Å². The molecule has 4 aromatic rings. The number of carboxylic acid groups (broad SMARTS) is 1. The number of hydrazone groups is 1. The first-order chi connectivity index (χ1) is 20.4. The summed E-state index contributed by atoms with van der Waals surface area (Å²) in [5.74, 6) is -0.686. The zero-order chi connectivity index (χ0) is 30.0. The summed E-state index contributed by atoms with van der Waals surface area (Å²) in [6, 6.07) is 27.4. The number of nitrogens with zero attached hydrogens (tertiary/aromatic N) is 1. The molecule has 0 bridgehead atoms. The molecule has 0 heterocycles. The van der Waals surface area contributed by atoms with Crippen LogP contribution in [0.4, 0.5) is 0 Å². The predicted molar refractivity (Wildman–Crippen MR) is 161 cm³/mol. The summed E-state index contributed by atoms with van der Waals surface area (Å²) in [7, 11) is 0. The number of allylic oxidation sites excluding steroid dienone is 1. The molecule has 0 aliphatic heterocycles. The molecular weight excluding hydrogens is 532 g/mol. The van der Waals surface area contributed by atoms with Crippen LogP contribution in [0.1, 0.15) is 45.1 Å². The van der Waals surface area contributed by atoms with Crippen molar-refractivity contribution in [3.05, 3.63) is 143 Å². The molecule has 3 N–H and O–H groups in total. The van der Waals surface area contributed by atoms with Gasteiger partial charge in [-0.3, -0.25) is 4.79 Å². The van der Waals surface area contributed by atoms with E-state index in [1.54, 1.807) is 72.8 Å². The molecule has 0 aliphatic carbocycles. The number of ether oxygens (including phenoxy) is 2. The Morgan fingerprint density at radius 2 is 1.55 bits per heavy atom. The number of rotatable bonds is 13. The van der Waals surface area contributed by atoms with Gasteiger partial charge in [0.2, 0.25) is 0 Å². The third-order valence-corrected chi connectivity index (χ3v) is 6.49. The van der Waals surface area contributed by atoms with E-state index in [1.807, 2.05) is 25.1 Å². The minimum atomic E-state index is -1.95. The predicted octanol–water partition coefficient (Wildman–Crippen LogP) is 5.48. The van der Waals surface area contributed by atoms with E-state index in [4.69, 9.17) is 14.6 Å². The highest BCUT2D eigenvalue weighted by molar-refractivity contribution is 5.91. The number of hydrogen-bond donors (Lipinski definition) is 3. The van der Waals surface area contributed by atoms with Crippen LogP contribution < -0.4 is 14.9 Å². The SMILES string of the molecule is C=CCc1cc(/C=N\NC(=O)C(O)(c2ccccc2)c2ccccc2)cc(OCC)c1OCc1ccc(C(=O)O)cc1. The normalized spacial score (nSPS) is 11.2. The summed E-state index contributed by atoms with van der Waals surface area (Å²) in [6.07, 6.45) is 3.68. The average Bonchev–Trinajstić information content (AvgIpc) is 3.01. The molecule has 0 spiro atoms. The highest BCUT2D eigenvalue weighted by atomic mass is 16.5. The Morgan fingerprint density at radius 1 is 0.929 bits per heavy atom. The smallest absolute Gasteiger partial charge is 0.335 e. The second-order valence-corrected chi connectivity index (χ2v) is 9.37. The summed E-state index contributed by atoms with van der Waals surface area (Å²) >= 11 is 0. The zero-order valence-electron chi connectivity index (χ0n) is 23.2. The van der Waals surface area contributed by atoms with Crippen molar-refractivity contribution in [1.82, 2.24) is 5.43 Å². The molecule has 42 heavy (non-hydrogen) atoms. The van der Waals surface area contributed by atoms with Gasteiger partial charge in [-0.2, -0.15) is 5.10 Å². The maximum absolute atomic E-state index is 13.4. The van der Waals surface area contributed by atoms with Gasteiger partial charge in [0.15, 0.2) is 17.1 Å². The fourth-order valence-electron chi connectivity index (χ4n) is 4.42. The number of carboxylic acids is 1. The lowest BCUT2D eigenvalue weighted by atomic mass is 9.85. The third kappa shape index (κ3) is 6.92. The van der Waals surface area contributed by atoms with Gasteiger partial charge in [-0.15, -0.1) is 6.58 Å². The molecule has 4 aromatic carbocycles. The lowest BCUT2D eigenvalue weighted by Crippen LogP contribution is -2.43. The van der Waals surface area contributed by atoms with Crippen molar-refractivity contribution in [2.75, 3.05) is 6.61 Å². The maximum Gasteiger partial charge on any atom is 0.335 e. The van der Waals surface area contributed by atoms with Crippen molar-refractivity contribution >= 4 is 18.1 Å². The van der Waals surface area contributed by atoms with Gasteiger partial charge in [0.1, 0.15) is 6.61 Å². The molecule has 1 amide bonds. The Bertz CT molecular complexity index is 1510. The lowest BCUT2D eigenvalue weighted by Gasteiger charge is -2.27. The van der Waals surface area contributed by atoms with E-state index in [0.29, 0.717) is 41.2 Å². The number of hydrogen-bond acceptors (Lipinski definition) is 6. The zero-order valence-corrected chi connectivity index (χ0v) is 23.2. The van der Waals surface area contributed by atoms with Crippen LogP contribution >= 0.6 is 0 Å². The van der Waals surface area contributed by atoms with Gasteiger partial charge in [0.05, 0.1) is 18.4 Å². The van der Waals surface area contributed by atoms with E-state index in [1.165, 1.54) is 18.3 Å². The molecular formula is C34H32N2O6. The van der Waals surface area contributed by atoms with Crippen LogP contribution in [0.25, 0.3) is 0 Å². The lowest BCUT2D eigenvalue weighted by molar-refractivity contribution is -0.136. The number of carbonyl (C=O) groups is 2. The van der Waals surface area contributed by atoms with Crippen LogP contribution in [-0.2, 0) is 23.4 Å². The molecule has 0 saturated heterocycles. The summed E-state index contributed by atoms with van der Waals surface area (Å²) in [5.41, 5.74) is 3.78. The maximum atomic E-state index is 13.4. The molecule has 0 saturated carbocycles. The molecule has 8 heteroatoms. The standard InChI is InChI=1S/C34H32N2O6/c1-3-11-27-20-25(21-30(41-4-2)31(27)42-23-24-16-18-26(19-17-24)32(37)38)22-35-36-33(39)34(40,28-12-7-5-8-13-28)29-14-9-6-10-15-29/h3,5-10,12-22,40H,1,4,11,23H2,2H3,(H,36,39)(H,37,38)/b35-22-.